The van der Waals surface area contributed by atoms with Crippen LogP contribution in [-0.4, -0.2) is 22.5 Å². The van der Waals surface area contributed by atoms with Gasteiger partial charge in [-0.25, -0.2) is 9.97 Å². The Kier molecular flexibility index (Phi) is 5.36. The van der Waals surface area contributed by atoms with E-state index in [1.807, 2.05) is 79.7 Å². The van der Waals surface area contributed by atoms with Gasteiger partial charge in [-0.3, -0.25) is 9.69 Å². The average Bonchev–Trinajstić information content (AvgIpc) is 3.42. The van der Waals surface area contributed by atoms with Gasteiger partial charge in [0.1, 0.15) is 5.75 Å². The molecule has 0 radical (unpaired) electrons. The summed E-state index contributed by atoms with van der Waals surface area (Å²) in [4.78, 5) is 24.6. The highest BCUT2D eigenvalue weighted by Gasteiger charge is 2.24. The van der Waals surface area contributed by atoms with Gasteiger partial charge in [-0.05, 0) is 42.8 Å². The molecule has 0 spiro atoms. The number of para-hydroxylation sites is 1. The van der Waals surface area contributed by atoms with Crippen molar-refractivity contribution in [1.82, 2.24) is 9.97 Å². The van der Waals surface area contributed by atoms with Gasteiger partial charge < -0.3 is 4.74 Å². The van der Waals surface area contributed by atoms with Gasteiger partial charge in [-0.1, -0.05) is 53.8 Å². The van der Waals surface area contributed by atoms with E-state index in [2.05, 4.69) is 4.98 Å². The van der Waals surface area contributed by atoms with E-state index in [1.165, 1.54) is 22.7 Å². The molecule has 0 aliphatic rings. The first-order valence-corrected chi connectivity index (χ1v) is 11.6. The maximum absolute atomic E-state index is 13.6. The van der Waals surface area contributed by atoms with Crippen LogP contribution in [0.2, 0.25) is 0 Å². The van der Waals surface area contributed by atoms with Gasteiger partial charge in [0.05, 0.1) is 33.6 Å². The third-order valence-corrected chi connectivity index (χ3v) is 6.86. The second kappa shape index (κ2) is 8.45. The Morgan fingerprint density at radius 3 is 2.48 bits per heavy atom. The van der Waals surface area contributed by atoms with E-state index in [0.717, 1.165) is 31.7 Å². The number of nitrogens with zero attached hydrogens (tertiary/aromatic N) is 3. The van der Waals surface area contributed by atoms with Gasteiger partial charge >= 0.3 is 0 Å². The molecule has 5 nitrogen and oxygen atoms in total. The summed E-state index contributed by atoms with van der Waals surface area (Å²) in [6, 6.07) is 23.6. The summed E-state index contributed by atoms with van der Waals surface area (Å²) in [5, 5.41) is 1.11. The smallest absolute Gasteiger partial charge is 0.289 e. The van der Waals surface area contributed by atoms with E-state index < -0.39 is 0 Å². The number of thiazole rings is 2. The predicted octanol–water partition coefficient (Wildman–Crippen LogP) is 6.15. The normalized spacial score (nSPS) is 11.1. The van der Waals surface area contributed by atoms with Crippen LogP contribution in [0.15, 0.2) is 72.8 Å². The van der Waals surface area contributed by atoms with E-state index in [4.69, 9.17) is 9.72 Å². The van der Waals surface area contributed by atoms with Crippen molar-refractivity contribution >= 4 is 54.1 Å². The summed E-state index contributed by atoms with van der Waals surface area (Å²) in [6.45, 7) is 2.99. The summed E-state index contributed by atoms with van der Waals surface area (Å²) in [7, 11) is 0. The number of amides is 1. The van der Waals surface area contributed by atoms with Crippen molar-refractivity contribution in [3.63, 3.8) is 0 Å². The van der Waals surface area contributed by atoms with Crippen LogP contribution < -0.4 is 9.64 Å². The van der Waals surface area contributed by atoms with Crippen molar-refractivity contribution in [3.8, 4) is 5.75 Å². The number of hydrogen-bond donors (Lipinski definition) is 0. The van der Waals surface area contributed by atoms with Gasteiger partial charge in [-0.15, -0.1) is 11.3 Å². The number of carbonyl (C=O) groups is 1. The Morgan fingerprint density at radius 1 is 0.903 bits per heavy atom. The third kappa shape index (κ3) is 4.02. The zero-order valence-electron chi connectivity index (χ0n) is 16.8. The molecular weight excluding hydrogens is 426 g/mol. The molecule has 0 atom stereocenters. The summed E-state index contributed by atoms with van der Waals surface area (Å²) < 4.78 is 7.60. The molecule has 0 fully saturated rings. The molecule has 3 aromatic carbocycles. The monoisotopic (exact) mass is 445 g/mol. The Morgan fingerprint density at radius 2 is 1.68 bits per heavy atom. The second-order valence-corrected chi connectivity index (χ2v) is 8.96. The van der Waals surface area contributed by atoms with Gasteiger partial charge in [0.25, 0.3) is 5.91 Å². The quantitative estimate of drug-likeness (QED) is 0.314. The molecule has 154 valence electrons. The largest absolute Gasteiger partial charge is 0.494 e. The van der Waals surface area contributed by atoms with Gasteiger partial charge in [0.15, 0.2) is 10.1 Å². The van der Waals surface area contributed by atoms with Crippen molar-refractivity contribution in [1.29, 1.82) is 0 Å². The second-order valence-electron chi connectivity index (χ2n) is 6.92. The molecule has 2 aromatic heterocycles. The Balaban J connectivity index is 1.56. The standard InChI is InChI=1S/C24H19N3O2S2/c1-2-29-17-12-13-19-21(14-17)31-24(26-19)27(15-16-8-4-3-5-9-16)23(28)22-25-18-10-6-7-11-20(18)30-22/h3-14H,2,15H2,1H3. The van der Waals surface area contributed by atoms with Crippen molar-refractivity contribution in [2.45, 2.75) is 13.5 Å². The minimum atomic E-state index is -0.144. The van der Waals surface area contributed by atoms with Gasteiger partial charge in [0.2, 0.25) is 0 Å². The molecular formula is C24H19N3O2S2. The highest BCUT2D eigenvalue weighted by molar-refractivity contribution is 7.23. The highest BCUT2D eigenvalue weighted by Crippen LogP contribution is 2.34. The van der Waals surface area contributed by atoms with Crippen LogP contribution in [0.3, 0.4) is 0 Å². The fourth-order valence-corrected chi connectivity index (χ4v) is 5.24. The molecule has 0 N–H and O–H groups in total. The van der Waals surface area contributed by atoms with Crippen LogP contribution in [0.25, 0.3) is 20.4 Å². The zero-order valence-corrected chi connectivity index (χ0v) is 18.5. The number of carbonyl (C=O) groups excluding carboxylic acids is 1. The number of benzene rings is 3. The predicted molar refractivity (Wildman–Crippen MR) is 127 cm³/mol. The first-order chi connectivity index (χ1) is 15.2. The van der Waals surface area contributed by atoms with Crippen molar-refractivity contribution in [2.75, 3.05) is 11.5 Å². The SMILES string of the molecule is CCOc1ccc2nc(N(Cc3ccccc3)C(=O)c3nc4ccccc4s3)sc2c1. The molecule has 5 aromatic rings. The summed E-state index contributed by atoms with van der Waals surface area (Å²) in [5.74, 6) is 0.659. The van der Waals surface area contributed by atoms with Crippen LogP contribution in [-0.2, 0) is 6.54 Å². The topological polar surface area (TPSA) is 55.3 Å². The van der Waals surface area contributed by atoms with Crippen LogP contribution in [0, 0.1) is 0 Å². The van der Waals surface area contributed by atoms with Crippen molar-refractivity contribution < 1.29 is 9.53 Å². The number of anilines is 1. The van der Waals surface area contributed by atoms with E-state index in [-0.39, 0.29) is 5.91 Å². The number of hydrogen-bond acceptors (Lipinski definition) is 6. The number of rotatable bonds is 6. The van der Waals surface area contributed by atoms with E-state index in [9.17, 15) is 4.79 Å². The maximum Gasteiger partial charge on any atom is 0.289 e. The fourth-order valence-electron chi connectivity index (χ4n) is 3.34. The van der Waals surface area contributed by atoms with Gasteiger partial charge in [-0.2, -0.15) is 0 Å². The number of ether oxygens (including phenoxy) is 1. The molecule has 1 amide bonds. The molecule has 0 saturated heterocycles. The van der Waals surface area contributed by atoms with Crippen LogP contribution in [0.1, 0.15) is 22.3 Å². The van der Waals surface area contributed by atoms with E-state index >= 15 is 0 Å². The lowest BCUT2D eigenvalue weighted by atomic mass is 10.2. The van der Waals surface area contributed by atoms with E-state index in [0.29, 0.717) is 23.3 Å². The maximum atomic E-state index is 13.6. The first kappa shape index (κ1) is 19.7. The van der Waals surface area contributed by atoms with Crippen LogP contribution >= 0.6 is 22.7 Å². The molecule has 2 heterocycles. The van der Waals surface area contributed by atoms with Crippen LogP contribution in [0.4, 0.5) is 5.13 Å². The lowest BCUT2D eigenvalue weighted by molar-refractivity contribution is 0.0985. The molecule has 0 aliphatic carbocycles. The average molecular weight is 446 g/mol. The Bertz CT molecular complexity index is 1330. The molecule has 31 heavy (non-hydrogen) atoms. The van der Waals surface area contributed by atoms with Crippen LogP contribution in [0.5, 0.6) is 5.75 Å². The lowest BCUT2D eigenvalue weighted by Crippen LogP contribution is -2.30. The number of aromatic nitrogens is 2. The summed E-state index contributed by atoms with van der Waals surface area (Å²) in [6.07, 6.45) is 0. The van der Waals surface area contributed by atoms with Gasteiger partial charge in [0, 0.05) is 0 Å². The Hall–Kier alpha value is -3.29. The first-order valence-electron chi connectivity index (χ1n) is 9.96. The minimum absolute atomic E-state index is 0.144. The summed E-state index contributed by atoms with van der Waals surface area (Å²) in [5.41, 5.74) is 2.71. The summed E-state index contributed by atoms with van der Waals surface area (Å²) >= 11 is 2.89. The molecule has 7 heteroatoms. The molecule has 0 bridgehead atoms. The zero-order chi connectivity index (χ0) is 21.2. The number of fused-ring (bicyclic) bond motifs is 2. The molecule has 5 rings (SSSR count). The Labute approximate surface area is 187 Å². The fraction of sp³-hybridized carbons (Fsp3) is 0.125. The van der Waals surface area contributed by atoms with Crippen molar-refractivity contribution in [3.05, 3.63) is 83.4 Å². The minimum Gasteiger partial charge on any atom is -0.494 e. The van der Waals surface area contributed by atoms with Crippen molar-refractivity contribution in [2.24, 2.45) is 0 Å². The highest BCUT2D eigenvalue weighted by atomic mass is 32.1. The molecule has 0 aliphatic heterocycles. The third-order valence-electron chi connectivity index (χ3n) is 4.80. The van der Waals surface area contributed by atoms with E-state index in [1.54, 1.807) is 4.90 Å². The lowest BCUT2D eigenvalue weighted by Gasteiger charge is -2.18. The molecule has 0 saturated carbocycles. The molecule has 0 unspecified atom stereocenters.